The van der Waals surface area contributed by atoms with Gasteiger partial charge in [0.15, 0.2) is 0 Å². The standard InChI is InChI=1S/C13H20ClN3/c1-15-10-11-9-12(14)3-4-13(11)17-7-5-16(2)6-8-17/h3-4,9,15H,5-8,10H2,1-2H3. The van der Waals surface area contributed by atoms with Crippen molar-refractivity contribution in [3.8, 4) is 0 Å². The maximum atomic E-state index is 6.06. The second kappa shape index (κ2) is 5.71. The molecule has 1 saturated heterocycles. The van der Waals surface area contributed by atoms with Crippen LogP contribution in [0.5, 0.6) is 0 Å². The Bertz CT molecular complexity index is 373. The van der Waals surface area contributed by atoms with Gasteiger partial charge in [0.2, 0.25) is 0 Å². The van der Waals surface area contributed by atoms with Gasteiger partial charge < -0.3 is 15.1 Å². The molecule has 0 unspecified atom stereocenters. The van der Waals surface area contributed by atoms with E-state index in [0.29, 0.717) is 0 Å². The summed E-state index contributed by atoms with van der Waals surface area (Å²) in [6, 6.07) is 6.18. The Balaban J connectivity index is 2.18. The van der Waals surface area contributed by atoms with Crippen molar-refractivity contribution < 1.29 is 0 Å². The molecule has 0 aliphatic carbocycles. The number of nitrogens with one attached hydrogen (secondary N) is 1. The van der Waals surface area contributed by atoms with Crippen LogP contribution in [0, 0.1) is 0 Å². The summed E-state index contributed by atoms with van der Waals surface area (Å²) in [7, 11) is 4.14. The molecule has 0 spiro atoms. The number of nitrogens with zero attached hydrogens (tertiary/aromatic N) is 2. The second-order valence-electron chi connectivity index (χ2n) is 4.59. The second-order valence-corrected chi connectivity index (χ2v) is 5.03. The van der Waals surface area contributed by atoms with Gasteiger partial charge >= 0.3 is 0 Å². The van der Waals surface area contributed by atoms with Crippen molar-refractivity contribution in [2.75, 3.05) is 45.2 Å². The fourth-order valence-corrected chi connectivity index (χ4v) is 2.44. The molecule has 1 N–H and O–H groups in total. The first-order valence-electron chi connectivity index (χ1n) is 6.07. The van der Waals surface area contributed by atoms with Gasteiger partial charge in [-0.1, -0.05) is 11.6 Å². The van der Waals surface area contributed by atoms with Crippen molar-refractivity contribution in [3.63, 3.8) is 0 Å². The van der Waals surface area contributed by atoms with Gasteiger partial charge in [0, 0.05) is 43.4 Å². The van der Waals surface area contributed by atoms with Gasteiger partial charge in [-0.05, 0) is 37.9 Å². The van der Waals surface area contributed by atoms with E-state index in [9.17, 15) is 0 Å². The first-order valence-corrected chi connectivity index (χ1v) is 6.45. The van der Waals surface area contributed by atoms with Gasteiger partial charge in [0.05, 0.1) is 0 Å². The third kappa shape index (κ3) is 3.12. The molecule has 1 aromatic carbocycles. The summed E-state index contributed by atoms with van der Waals surface area (Å²) in [5, 5.41) is 4.02. The summed E-state index contributed by atoms with van der Waals surface area (Å²) in [5.41, 5.74) is 2.60. The fraction of sp³-hybridized carbons (Fsp3) is 0.538. The average Bonchev–Trinajstić information content (AvgIpc) is 2.31. The first-order chi connectivity index (χ1) is 8.20. The van der Waals surface area contributed by atoms with Crippen LogP contribution in [0.2, 0.25) is 5.02 Å². The van der Waals surface area contributed by atoms with E-state index in [1.807, 2.05) is 13.1 Å². The summed E-state index contributed by atoms with van der Waals surface area (Å²) in [4.78, 5) is 4.81. The minimum Gasteiger partial charge on any atom is -0.369 e. The highest BCUT2D eigenvalue weighted by atomic mass is 35.5. The molecule has 0 amide bonds. The Morgan fingerprint density at radius 2 is 1.94 bits per heavy atom. The molecule has 17 heavy (non-hydrogen) atoms. The first kappa shape index (κ1) is 12.7. The van der Waals surface area contributed by atoms with Crippen LogP contribution in [0.3, 0.4) is 0 Å². The molecule has 0 bridgehead atoms. The molecule has 1 aliphatic rings. The van der Waals surface area contributed by atoms with Crippen molar-refractivity contribution in [1.82, 2.24) is 10.2 Å². The van der Waals surface area contributed by atoms with Crippen LogP contribution in [0.1, 0.15) is 5.56 Å². The molecule has 1 fully saturated rings. The molecule has 4 heteroatoms. The van der Waals surface area contributed by atoms with E-state index in [0.717, 1.165) is 37.7 Å². The molecule has 0 atom stereocenters. The average molecular weight is 254 g/mol. The maximum Gasteiger partial charge on any atom is 0.0413 e. The van der Waals surface area contributed by atoms with Crippen molar-refractivity contribution in [2.45, 2.75) is 6.54 Å². The summed E-state index contributed by atoms with van der Waals surface area (Å²) in [5.74, 6) is 0. The van der Waals surface area contributed by atoms with Gasteiger partial charge in [-0.25, -0.2) is 0 Å². The summed E-state index contributed by atoms with van der Waals surface area (Å²) in [6.07, 6.45) is 0. The quantitative estimate of drug-likeness (QED) is 0.887. The summed E-state index contributed by atoms with van der Waals surface area (Å²) < 4.78 is 0. The zero-order valence-electron chi connectivity index (χ0n) is 10.5. The molecule has 0 radical (unpaired) electrons. The van der Waals surface area contributed by atoms with Gasteiger partial charge in [-0.15, -0.1) is 0 Å². The number of piperazine rings is 1. The van der Waals surface area contributed by atoms with E-state index in [1.165, 1.54) is 11.3 Å². The Labute approximate surface area is 108 Å². The van der Waals surface area contributed by atoms with E-state index < -0.39 is 0 Å². The third-order valence-electron chi connectivity index (χ3n) is 3.25. The molecule has 1 aromatic rings. The highest BCUT2D eigenvalue weighted by molar-refractivity contribution is 6.30. The minimum atomic E-state index is 0.813. The molecule has 3 nitrogen and oxygen atoms in total. The Morgan fingerprint density at radius 3 is 2.59 bits per heavy atom. The van der Waals surface area contributed by atoms with Crippen LogP contribution in [-0.4, -0.2) is 45.2 Å². The van der Waals surface area contributed by atoms with Crippen LogP contribution < -0.4 is 10.2 Å². The molecule has 0 aromatic heterocycles. The lowest BCUT2D eigenvalue weighted by atomic mass is 10.1. The molecule has 1 heterocycles. The van der Waals surface area contributed by atoms with Crippen LogP contribution >= 0.6 is 11.6 Å². The van der Waals surface area contributed by atoms with Crippen molar-refractivity contribution in [1.29, 1.82) is 0 Å². The zero-order valence-corrected chi connectivity index (χ0v) is 11.3. The SMILES string of the molecule is CNCc1cc(Cl)ccc1N1CCN(C)CC1. The molecule has 94 valence electrons. The summed E-state index contributed by atoms with van der Waals surface area (Å²) >= 11 is 6.06. The Hall–Kier alpha value is -0.770. The number of anilines is 1. The largest absolute Gasteiger partial charge is 0.369 e. The number of hydrogen-bond donors (Lipinski definition) is 1. The molecule has 0 saturated carbocycles. The number of hydrogen-bond acceptors (Lipinski definition) is 3. The van der Waals surface area contributed by atoms with E-state index in [-0.39, 0.29) is 0 Å². The van der Waals surface area contributed by atoms with Crippen molar-refractivity contribution >= 4 is 17.3 Å². The predicted octanol–water partition coefficient (Wildman–Crippen LogP) is 1.81. The Morgan fingerprint density at radius 1 is 1.24 bits per heavy atom. The van der Waals surface area contributed by atoms with Gasteiger partial charge in [-0.2, -0.15) is 0 Å². The predicted molar refractivity (Wildman–Crippen MR) is 73.9 cm³/mol. The van der Waals surface area contributed by atoms with E-state index in [1.54, 1.807) is 0 Å². The lowest BCUT2D eigenvalue weighted by Gasteiger charge is -2.35. The van der Waals surface area contributed by atoms with Gasteiger partial charge in [0.1, 0.15) is 0 Å². The van der Waals surface area contributed by atoms with Gasteiger partial charge in [-0.3, -0.25) is 0 Å². The smallest absolute Gasteiger partial charge is 0.0413 e. The lowest BCUT2D eigenvalue weighted by Crippen LogP contribution is -2.44. The van der Waals surface area contributed by atoms with E-state index in [4.69, 9.17) is 11.6 Å². The normalized spacial score (nSPS) is 17.5. The van der Waals surface area contributed by atoms with Crippen molar-refractivity contribution in [2.24, 2.45) is 0 Å². The fourth-order valence-electron chi connectivity index (χ4n) is 2.24. The van der Waals surface area contributed by atoms with E-state index in [2.05, 4.69) is 34.3 Å². The molecule has 2 rings (SSSR count). The van der Waals surface area contributed by atoms with E-state index >= 15 is 0 Å². The zero-order chi connectivity index (χ0) is 12.3. The monoisotopic (exact) mass is 253 g/mol. The third-order valence-corrected chi connectivity index (χ3v) is 3.49. The number of rotatable bonds is 3. The number of benzene rings is 1. The van der Waals surface area contributed by atoms with Gasteiger partial charge in [0.25, 0.3) is 0 Å². The van der Waals surface area contributed by atoms with Crippen LogP contribution in [0.25, 0.3) is 0 Å². The maximum absolute atomic E-state index is 6.06. The Kier molecular flexibility index (Phi) is 4.26. The minimum absolute atomic E-state index is 0.813. The van der Waals surface area contributed by atoms with Crippen LogP contribution in [-0.2, 0) is 6.54 Å². The molecular weight excluding hydrogens is 234 g/mol. The molecule has 1 aliphatic heterocycles. The highest BCUT2D eigenvalue weighted by Gasteiger charge is 2.16. The number of likely N-dealkylation sites (N-methyl/N-ethyl adjacent to an activating group) is 1. The van der Waals surface area contributed by atoms with Crippen molar-refractivity contribution in [3.05, 3.63) is 28.8 Å². The van der Waals surface area contributed by atoms with Crippen LogP contribution in [0.15, 0.2) is 18.2 Å². The summed E-state index contributed by atoms with van der Waals surface area (Å²) in [6.45, 7) is 5.30. The lowest BCUT2D eigenvalue weighted by molar-refractivity contribution is 0.312. The topological polar surface area (TPSA) is 18.5 Å². The highest BCUT2D eigenvalue weighted by Crippen LogP contribution is 2.25. The molecular formula is C13H20ClN3. The number of halogens is 1. The van der Waals surface area contributed by atoms with Crippen LogP contribution in [0.4, 0.5) is 5.69 Å².